The van der Waals surface area contributed by atoms with Gasteiger partial charge in [0.2, 0.25) is 5.91 Å². The van der Waals surface area contributed by atoms with Crippen molar-refractivity contribution in [3.63, 3.8) is 0 Å². The number of phenolic OH excluding ortho intramolecular Hbond substituents is 1. The third kappa shape index (κ3) is 3.16. The number of fused-ring (bicyclic) bond motifs is 3. The Morgan fingerprint density at radius 1 is 1.20 bits per heavy atom. The minimum atomic E-state index is -2.70. The highest BCUT2D eigenvalue weighted by atomic mass is 16.3. The molecule has 5 rings (SSSR count). The molecule has 5 N–H and O–H groups in total. The molecule has 1 amide bonds. The highest BCUT2D eigenvalue weighted by molar-refractivity contribution is 6.32. The van der Waals surface area contributed by atoms with Gasteiger partial charge in [-0.3, -0.25) is 28.9 Å². The van der Waals surface area contributed by atoms with E-state index in [0.717, 1.165) is 24.9 Å². The minimum absolute atomic E-state index is 0.0296. The highest BCUT2D eigenvalue weighted by Crippen LogP contribution is 2.50. The second kappa shape index (κ2) is 8.04. The third-order valence-electron chi connectivity index (χ3n) is 8.59. The molecule has 0 spiro atoms. The maximum absolute atomic E-state index is 13.6. The number of rotatable bonds is 3. The summed E-state index contributed by atoms with van der Waals surface area (Å²) in [5.41, 5.74) is 4.12. The van der Waals surface area contributed by atoms with Gasteiger partial charge in [0.15, 0.2) is 34.7 Å². The lowest BCUT2D eigenvalue weighted by molar-refractivity contribution is -0.178. The molecule has 1 aliphatic heterocycles. The van der Waals surface area contributed by atoms with Crippen molar-refractivity contribution >= 4 is 29.0 Å². The van der Waals surface area contributed by atoms with E-state index in [1.165, 1.54) is 7.05 Å². The molecule has 3 aliphatic carbocycles. The van der Waals surface area contributed by atoms with Crippen molar-refractivity contribution in [2.75, 3.05) is 20.6 Å². The van der Waals surface area contributed by atoms with E-state index in [0.29, 0.717) is 5.56 Å². The number of benzene rings is 1. The van der Waals surface area contributed by atoms with Crippen LogP contribution in [-0.4, -0.2) is 76.4 Å². The SMILES string of the molecule is CNC1C(=O)C(C(N)=O)C(=O)C2(O)C(=O)C3C(=O)c4c(O)cc(C5CCCN5C)cc4CC3CC12. The third-order valence-corrected chi connectivity index (χ3v) is 8.59. The van der Waals surface area contributed by atoms with E-state index >= 15 is 0 Å². The lowest BCUT2D eigenvalue weighted by Crippen LogP contribution is -2.74. The molecular weight excluding hydrogens is 454 g/mol. The molecule has 10 heteroatoms. The van der Waals surface area contributed by atoms with Gasteiger partial charge < -0.3 is 21.3 Å². The Bertz CT molecular complexity index is 1180. The number of nitrogens with two attached hydrogens (primary N) is 1. The molecule has 0 radical (unpaired) electrons. The molecule has 7 atom stereocenters. The molecule has 0 bridgehead atoms. The fourth-order valence-electron chi connectivity index (χ4n) is 6.94. The number of ketones is 4. The van der Waals surface area contributed by atoms with Crippen LogP contribution in [-0.2, 0) is 25.6 Å². The molecule has 4 aliphatic rings. The van der Waals surface area contributed by atoms with Gasteiger partial charge in [0.25, 0.3) is 0 Å². The zero-order chi connectivity index (χ0) is 25.4. The molecule has 1 aromatic rings. The van der Waals surface area contributed by atoms with E-state index in [2.05, 4.69) is 10.2 Å². The summed E-state index contributed by atoms with van der Waals surface area (Å²) >= 11 is 0. The number of hydrogen-bond acceptors (Lipinski definition) is 9. The zero-order valence-corrected chi connectivity index (χ0v) is 19.6. The summed E-state index contributed by atoms with van der Waals surface area (Å²) < 4.78 is 0. The molecule has 186 valence electrons. The van der Waals surface area contributed by atoms with Crippen LogP contribution in [0.3, 0.4) is 0 Å². The lowest BCUT2D eigenvalue weighted by atomic mass is 9.52. The average molecular weight is 484 g/mol. The van der Waals surface area contributed by atoms with Crippen molar-refractivity contribution in [2.45, 2.75) is 43.4 Å². The zero-order valence-electron chi connectivity index (χ0n) is 19.6. The number of hydrogen-bond donors (Lipinski definition) is 4. The Labute approximate surface area is 201 Å². The van der Waals surface area contributed by atoms with Crippen LogP contribution in [0.2, 0.25) is 0 Å². The molecule has 2 saturated carbocycles. The predicted octanol–water partition coefficient (Wildman–Crippen LogP) is -0.708. The van der Waals surface area contributed by atoms with E-state index in [4.69, 9.17) is 5.73 Å². The molecular formula is C25H29N3O7. The summed E-state index contributed by atoms with van der Waals surface area (Å²) in [6.07, 6.45) is 2.27. The van der Waals surface area contributed by atoms with Crippen molar-refractivity contribution in [2.24, 2.45) is 29.4 Å². The molecule has 7 unspecified atom stereocenters. The van der Waals surface area contributed by atoms with Gasteiger partial charge in [0.05, 0.1) is 17.5 Å². The molecule has 10 nitrogen and oxygen atoms in total. The Balaban J connectivity index is 1.58. The maximum atomic E-state index is 13.6. The van der Waals surface area contributed by atoms with Crippen molar-refractivity contribution in [3.05, 3.63) is 28.8 Å². The number of aromatic hydroxyl groups is 1. The number of phenols is 1. The van der Waals surface area contributed by atoms with Gasteiger partial charge >= 0.3 is 0 Å². The average Bonchev–Trinajstić information content (AvgIpc) is 3.22. The van der Waals surface area contributed by atoms with Crippen molar-refractivity contribution in [1.29, 1.82) is 0 Å². The summed E-state index contributed by atoms with van der Waals surface area (Å²) in [4.78, 5) is 67.3. The lowest BCUT2D eigenvalue weighted by Gasteiger charge is -2.51. The van der Waals surface area contributed by atoms with Crippen molar-refractivity contribution < 1.29 is 34.2 Å². The van der Waals surface area contributed by atoms with Gasteiger partial charge in [-0.05, 0) is 69.4 Å². The molecule has 1 aromatic carbocycles. The van der Waals surface area contributed by atoms with Gasteiger partial charge in [0, 0.05) is 12.0 Å². The van der Waals surface area contributed by atoms with Crippen LogP contribution in [0, 0.1) is 23.7 Å². The first-order valence-corrected chi connectivity index (χ1v) is 11.9. The molecule has 3 fully saturated rings. The molecule has 1 heterocycles. The highest BCUT2D eigenvalue weighted by Gasteiger charge is 2.68. The number of Topliss-reactive ketones (excluding diaryl/α,β-unsaturated/α-hetero) is 4. The summed E-state index contributed by atoms with van der Waals surface area (Å²) in [5.74, 6) is -10.2. The van der Waals surface area contributed by atoms with Crippen LogP contribution in [0.4, 0.5) is 0 Å². The van der Waals surface area contributed by atoms with Gasteiger partial charge in [0.1, 0.15) is 5.75 Å². The summed E-state index contributed by atoms with van der Waals surface area (Å²) in [5, 5.41) is 25.0. The summed E-state index contributed by atoms with van der Waals surface area (Å²) in [6, 6.07) is 2.42. The topological polar surface area (TPSA) is 167 Å². The van der Waals surface area contributed by atoms with Crippen LogP contribution in [0.1, 0.15) is 46.8 Å². The van der Waals surface area contributed by atoms with Gasteiger partial charge in [-0.1, -0.05) is 6.07 Å². The second-order valence-corrected chi connectivity index (χ2v) is 10.4. The van der Waals surface area contributed by atoms with Crippen LogP contribution in [0.25, 0.3) is 0 Å². The van der Waals surface area contributed by atoms with Gasteiger partial charge in [-0.15, -0.1) is 0 Å². The largest absolute Gasteiger partial charge is 0.507 e. The standard InChI is InChI=1S/C25H29N3O7/c1-27-19-13-8-12-7-11-6-10(14-4-3-5-28(14)2)9-15(29)16(11)20(30)17(12)22(32)25(13,35)23(33)18(21(19)31)24(26)34/h6,9,12-14,17-19,27,29,35H,3-5,7-8H2,1-2H3,(H2,26,34). The molecule has 35 heavy (non-hydrogen) atoms. The quantitative estimate of drug-likeness (QED) is 0.406. The first-order valence-electron chi connectivity index (χ1n) is 11.9. The second-order valence-electron chi connectivity index (χ2n) is 10.4. The number of aliphatic hydroxyl groups is 1. The van der Waals surface area contributed by atoms with Crippen LogP contribution in [0.5, 0.6) is 5.75 Å². The van der Waals surface area contributed by atoms with Crippen LogP contribution < -0.4 is 11.1 Å². The first-order chi connectivity index (χ1) is 16.5. The number of nitrogens with zero attached hydrogens (tertiary/aromatic N) is 1. The Morgan fingerprint density at radius 2 is 1.91 bits per heavy atom. The number of primary amides is 1. The fourth-order valence-corrected chi connectivity index (χ4v) is 6.94. The van der Waals surface area contributed by atoms with Gasteiger partial charge in [-0.2, -0.15) is 0 Å². The number of likely N-dealkylation sites (tertiary alicyclic amines) is 1. The van der Waals surface area contributed by atoms with E-state index in [1.807, 2.05) is 13.1 Å². The monoisotopic (exact) mass is 483 g/mol. The Morgan fingerprint density at radius 3 is 2.51 bits per heavy atom. The Kier molecular flexibility index (Phi) is 5.46. The number of carbonyl (C=O) groups is 5. The van der Waals surface area contributed by atoms with E-state index in [9.17, 15) is 34.2 Å². The predicted molar refractivity (Wildman–Crippen MR) is 121 cm³/mol. The number of nitrogens with one attached hydrogen (secondary N) is 1. The van der Waals surface area contributed by atoms with Gasteiger partial charge in [-0.25, -0.2) is 0 Å². The Hall–Kier alpha value is -2.95. The van der Waals surface area contributed by atoms with E-state index in [1.54, 1.807) is 6.07 Å². The fraction of sp³-hybridized carbons (Fsp3) is 0.560. The number of carbonyl (C=O) groups excluding carboxylic acids is 5. The van der Waals surface area contributed by atoms with E-state index in [-0.39, 0.29) is 30.2 Å². The van der Waals surface area contributed by atoms with Crippen molar-refractivity contribution in [3.8, 4) is 5.75 Å². The minimum Gasteiger partial charge on any atom is -0.507 e. The van der Waals surface area contributed by atoms with Crippen molar-refractivity contribution in [1.82, 2.24) is 10.2 Å². The number of likely N-dealkylation sites (N-methyl/N-ethyl adjacent to an activating group) is 1. The summed E-state index contributed by atoms with van der Waals surface area (Å²) in [7, 11) is 3.45. The molecule has 0 aromatic heterocycles. The van der Waals surface area contributed by atoms with Crippen LogP contribution >= 0.6 is 0 Å². The normalized spacial score (nSPS) is 37.1. The van der Waals surface area contributed by atoms with E-state index < -0.39 is 64.4 Å². The smallest absolute Gasteiger partial charge is 0.235 e. The maximum Gasteiger partial charge on any atom is 0.235 e. The summed E-state index contributed by atoms with van der Waals surface area (Å²) in [6.45, 7) is 0.931. The number of amides is 1. The van der Waals surface area contributed by atoms with Crippen LogP contribution in [0.15, 0.2) is 12.1 Å². The first kappa shape index (κ1) is 23.8. The molecule has 1 saturated heterocycles.